The molecule has 0 spiro atoms. The third-order valence-electron chi connectivity index (χ3n) is 18.8. The fraction of sp³-hybridized carbons (Fsp3) is 0.950. The molecule has 0 aromatic heterocycles. The maximum absolute atomic E-state index is 13.1. The molecule has 5 atom stereocenters. The topological polar surface area (TPSA) is 237 Å². The predicted molar refractivity (Wildman–Crippen MR) is 405 cm³/mol. The van der Waals surface area contributed by atoms with E-state index in [0.717, 1.165) is 109 Å². The lowest BCUT2D eigenvalue weighted by Gasteiger charge is -2.21. The second-order valence-electron chi connectivity index (χ2n) is 29.3. The van der Waals surface area contributed by atoms with E-state index in [0.29, 0.717) is 25.7 Å². The SMILES string of the molecule is CCCCCCCCCCCCCCCCCCCCCCCCC(=O)O[C@H](COC(=O)CCCCCCCCCCCCCCCC(C)C)COP(=O)(O)OC[C@@H](O)COP(=O)(O)OC[C@@H](COC(=O)CCCCCCCCC)OC(=O)CCCCCCCCCCCCCCCC. The smallest absolute Gasteiger partial charge is 0.462 e. The molecule has 0 fully saturated rings. The van der Waals surface area contributed by atoms with Crippen molar-refractivity contribution in [1.29, 1.82) is 0 Å². The molecule has 2 unspecified atom stereocenters. The number of rotatable bonds is 80. The van der Waals surface area contributed by atoms with Gasteiger partial charge in [0.25, 0.3) is 0 Å². The number of carbonyl (C=O) groups is 4. The fourth-order valence-corrected chi connectivity index (χ4v) is 14.0. The Morgan fingerprint density at radius 2 is 0.465 bits per heavy atom. The van der Waals surface area contributed by atoms with Gasteiger partial charge in [-0.05, 0) is 31.6 Å². The van der Waals surface area contributed by atoms with E-state index < -0.39 is 97.5 Å². The van der Waals surface area contributed by atoms with Crippen molar-refractivity contribution in [3.63, 3.8) is 0 Å². The number of unbranched alkanes of at least 4 members (excludes halogenated alkanes) is 52. The van der Waals surface area contributed by atoms with Crippen LogP contribution in [-0.4, -0.2) is 96.7 Å². The number of esters is 4. The monoisotopic (exact) mass is 1450 g/mol. The summed E-state index contributed by atoms with van der Waals surface area (Å²) in [5.74, 6) is -1.32. The van der Waals surface area contributed by atoms with Gasteiger partial charge in [-0.3, -0.25) is 37.3 Å². The number of hydrogen-bond acceptors (Lipinski definition) is 15. The van der Waals surface area contributed by atoms with Crippen LogP contribution >= 0.6 is 15.6 Å². The summed E-state index contributed by atoms with van der Waals surface area (Å²) in [6.07, 6.45) is 64.1. The van der Waals surface area contributed by atoms with Crippen LogP contribution in [0.25, 0.3) is 0 Å². The molecule has 0 rings (SSSR count). The van der Waals surface area contributed by atoms with Crippen molar-refractivity contribution in [3.05, 3.63) is 0 Å². The average molecular weight is 1450 g/mol. The highest BCUT2D eigenvalue weighted by Gasteiger charge is 2.30. The summed E-state index contributed by atoms with van der Waals surface area (Å²) >= 11 is 0. The molecule has 0 bridgehead atoms. The predicted octanol–water partition coefficient (Wildman–Crippen LogP) is 24.0. The molecule has 99 heavy (non-hydrogen) atoms. The first-order valence-corrected chi connectivity index (χ1v) is 44.6. The summed E-state index contributed by atoms with van der Waals surface area (Å²) < 4.78 is 68.6. The van der Waals surface area contributed by atoms with Gasteiger partial charge < -0.3 is 33.8 Å². The molecule has 588 valence electrons. The minimum atomic E-state index is -4.96. The third kappa shape index (κ3) is 74.1. The van der Waals surface area contributed by atoms with Crippen LogP contribution in [0.1, 0.15) is 426 Å². The molecule has 0 aliphatic rings. The van der Waals surface area contributed by atoms with Crippen LogP contribution in [-0.2, 0) is 65.4 Å². The lowest BCUT2D eigenvalue weighted by molar-refractivity contribution is -0.161. The molecular formula is C80H156O17P2. The maximum Gasteiger partial charge on any atom is 0.472 e. The summed E-state index contributed by atoms with van der Waals surface area (Å²) in [6, 6.07) is 0. The molecule has 0 aliphatic heterocycles. The van der Waals surface area contributed by atoms with Gasteiger partial charge in [-0.25, -0.2) is 9.13 Å². The van der Waals surface area contributed by atoms with E-state index >= 15 is 0 Å². The Labute approximate surface area is 607 Å². The fourth-order valence-electron chi connectivity index (χ4n) is 12.4. The van der Waals surface area contributed by atoms with Gasteiger partial charge in [-0.15, -0.1) is 0 Å². The van der Waals surface area contributed by atoms with Crippen molar-refractivity contribution in [3.8, 4) is 0 Å². The van der Waals surface area contributed by atoms with Crippen molar-refractivity contribution in [2.24, 2.45) is 5.92 Å². The van der Waals surface area contributed by atoms with Crippen LogP contribution < -0.4 is 0 Å². The van der Waals surface area contributed by atoms with Gasteiger partial charge in [0, 0.05) is 25.7 Å². The van der Waals surface area contributed by atoms with Crippen molar-refractivity contribution in [1.82, 2.24) is 0 Å². The first-order valence-electron chi connectivity index (χ1n) is 41.6. The zero-order valence-electron chi connectivity index (χ0n) is 64.6. The molecule has 0 radical (unpaired) electrons. The quantitative estimate of drug-likeness (QED) is 0.0222. The van der Waals surface area contributed by atoms with Crippen molar-refractivity contribution in [2.75, 3.05) is 39.6 Å². The van der Waals surface area contributed by atoms with E-state index in [1.54, 1.807) is 0 Å². The van der Waals surface area contributed by atoms with Gasteiger partial charge in [-0.1, -0.05) is 375 Å². The lowest BCUT2D eigenvalue weighted by atomic mass is 10.0. The van der Waals surface area contributed by atoms with Crippen molar-refractivity contribution >= 4 is 39.5 Å². The van der Waals surface area contributed by atoms with Gasteiger partial charge in [0.05, 0.1) is 26.4 Å². The molecule has 0 aromatic rings. The molecule has 0 aliphatic carbocycles. The summed E-state index contributed by atoms with van der Waals surface area (Å²) in [4.78, 5) is 72.8. The van der Waals surface area contributed by atoms with E-state index in [9.17, 15) is 43.2 Å². The number of hydrogen-bond donors (Lipinski definition) is 3. The van der Waals surface area contributed by atoms with E-state index in [1.807, 2.05) is 0 Å². The van der Waals surface area contributed by atoms with Gasteiger partial charge >= 0.3 is 39.5 Å². The van der Waals surface area contributed by atoms with Crippen molar-refractivity contribution < 1.29 is 80.2 Å². The highest BCUT2D eigenvalue weighted by Crippen LogP contribution is 2.45. The number of aliphatic hydroxyl groups is 1. The summed E-state index contributed by atoms with van der Waals surface area (Å²) in [5.41, 5.74) is 0. The van der Waals surface area contributed by atoms with E-state index in [4.69, 9.17) is 37.0 Å². The number of carbonyl (C=O) groups excluding carboxylic acids is 4. The average Bonchev–Trinajstić information content (AvgIpc) is 1.16. The molecule has 0 heterocycles. The Balaban J connectivity index is 5.16. The zero-order chi connectivity index (χ0) is 72.7. The minimum Gasteiger partial charge on any atom is -0.462 e. The number of phosphoric acid groups is 2. The summed E-state index contributed by atoms with van der Waals surface area (Å²) in [6.45, 7) is 7.30. The molecular weight excluding hydrogens is 1290 g/mol. The molecule has 0 saturated heterocycles. The maximum atomic E-state index is 13.1. The molecule has 0 amide bonds. The Kier molecular flexibility index (Phi) is 71.6. The second-order valence-corrected chi connectivity index (χ2v) is 32.2. The molecule has 0 saturated carbocycles. The first kappa shape index (κ1) is 97.1. The van der Waals surface area contributed by atoms with Crippen LogP contribution in [0.5, 0.6) is 0 Å². The van der Waals surface area contributed by atoms with Crippen LogP contribution in [0.3, 0.4) is 0 Å². The number of aliphatic hydroxyl groups excluding tert-OH is 1. The standard InChI is InChI=1S/C80H156O17P2/c1-6-9-12-15-18-20-22-24-26-27-28-29-30-31-32-33-37-42-46-51-56-61-66-80(85)97-76(70-91-78(83)64-59-54-49-44-40-38-34-35-39-43-48-52-57-62-73(4)5)72-95-99(88,89)93-68-74(81)67-92-98(86,87)94-71-75(69-90-77(82)63-58-53-47-17-14-11-8-3)96-79(84)65-60-55-50-45-41-36-25-23-21-19-16-13-10-7-2/h73-76,81H,6-72H2,1-5H3,(H,86,87)(H,88,89)/t74-,75+,76+/m0/s1. The highest BCUT2D eigenvalue weighted by atomic mass is 31.2. The number of ether oxygens (including phenoxy) is 4. The van der Waals surface area contributed by atoms with Crippen LogP contribution in [0, 0.1) is 5.92 Å². The number of phosphoric ester groups is 2. The van der Waals surface area contributed by atoms with Crippen LogP contribution in [0.4, 0.5) is 0 Å². The molecule has 17 nitrogen and oxygen atoms in total. The zero-order valence-corrected chi connectivity index (χ0v) is 66.4. The van der Waals surface area contributed by atoms with Gasteiger partial charge in [0.15, 0.2) is 12.2 Å². The third-order valence-corrected chi connectivity index (χ3v) is 20.7. The van der Waals surface area contributed by atoms with E-state index in [2.05, 4.69) is 34.6 Å². The van der Waals surface area contributed by atoms with Crippen LogP contribution in [0.15, 0.2) is 0 Å². The van der Waals surface area contributed by atoms with Gasteiger partial charge in [-0.2, -0.15) is 0 Å². The van der Waals surface area contributed by atoms with Crippen molar-refractivity contribution in [2.45, 2.75) is 445 Å². The van der Waals surface area contributed by atoms with Gasteiger partial charge in [0.1, 0.15) is 19.3 Å². The normalized spacial score (nSPS) is 13.9. The first-order chi connectivity index (χ1) is 48.0. The Bertz CT molecular complexity index is 1890. The largest absolute Gasteiger partial charge is 0.472 e. The molecule has 0 aromatic carbocycles. The minimum absolute atomic E-state index is 0.108. The Morgan fingerprint density at radius 1 is 0.273 bits per heavy atom. The molecule has 19 heteroatoms. The van der Waals surface area contributed by atoms with Crippen LogP contribution in [0.2, 0.25) is 0 Å². The lowest BCUT2D eigenvalue weighted by Crippen LogP contribution is -2.30. The van der Waals surface area contributed by atoms with E-state index in [1.165, 1.54) is 238 Å². The van der Waals surface area contributed by atoms with Gasteiger partial charge in [0.2, 0.25) is 0 Å². The summed E-state index contributed by atoms with van der Waals surface area (Å²) in [5, 5.41) is 10.6. The summed E-state index contributed by atoms with van der Waals surface area (Å²) in [7, 11) is -9.91. The highest BCUT2D eigenvalue weighted by molar-refractivity contribution is 7.47. The van der Waals surface area contributed by atoms with E-state index in [-0.39, 0.29) is 25.7 Å². The Hall–Kier alpha value is -1.94. The second kappa shape index (κ2) is 73.0. The Morgan fingerprint density at radius 3 is 0.687 bits per heavy atom. The molecule has 3 N–H and O–H groups in total.